The summed E-state index contributed by atoms with van der Waals surface area (Å²) in [5.41, 5.74) is 1.23. The van der Waals surface area contributed by atoms with Gasteiger partial charge in [0.25, 0.3) is 5.91 Å². The maximum Gasteiger partial charge on any atom is 0.257 e. The summed E-state index contributed by atoms with van der Waals surface area (Å²) in [6.45, 7) is 1.92. The molecule has 0 spiro atoms. The summed E-state index contributed by atoms with van der Waals surface area (Å²) in [4.78, 5) is 12.5. The number of benzene rings is 2. The zero-order valence-electron chi connectivity index (χ0n) is 12.8. The SMILES string of the molecule is Cc1onc(-c2c(F)cccc2Cl)c1C(=O)NCc1cc[c]cc1. The van der Waals surface area contributed by atoms with Crippen molar-refractivity contribution in [3.63, 3.8) is 0 Å². The Kier molecular flexibility index (Phi) is 4.62. The molecule has 0 saturated heterocycles. The molecule has 3 aromatic rings. The zero-order valence-corrected chi connectivity index (χ0v) is 13.5. The molecule has 0 fully saturated rings. The first-order valence-electron chi connectivity index (χ1n) is 7.21. The predicted molar refractivity (Wildman–Crippen MR) is 88.1 cm³/mol. The number of amides is 1. The molecule has 0 bridgehead atoms. The lowest BCUT2D eigenvalue weighted by molar-refractivity contribution is 0.0950. The molecule has 1 radical (unpaired) electrons. The summed E-state index contributed by atoms with van der Waals surface area (Å²) in [6, 6.07) is 14.4. The normalized spacial score (nSPS) is 10.6. The maximum atomic E-state index is 14.1. The van der Waals surface area contributed by atoms with Gasteiger partial charge in [-0.2, -0.15) is 0 Å². The number of nitrogens with zero attached hydrogens (tertiary/aromatic N) is 1. The summed E-state index contributed by atoms with van der Waals surface area (Å²) in [5, 5.41) is 6.75. The Bertz CT molecular complexity index is 858. The molecule has 24 heavy (non-hydrogen) atoms. The molecule has 0 saturated carbocycles. The van der Waals surface area contributed by atoms with Gasteiger partial charge in [0.05, 0.1) is 10.6 Å². The van der Waals surface area contributed by atoms with E-state index in [0.29, 0.717) is 12.3 Å². The van der Waals surface area contributed by atoms with Crippen LogP contribution in [0.1, 0.15) is 21.7 Å². The Morgan fingerprint density at radius 1 is 1.33 bits per heavy atom. The summed E-state index contributed by atoms with van der Waals surface area (Å²) < 4.78 is 19.2. The van der Waals surface area contributed by atoms with Crippen LogP contribution in [0.3, 0.4) is 0 Å². The molecule has 1 amide bonds. The van der Waals surface area contributed by atoms with E-state index in [2.05, 4.69) is 16.5 Å². The number of carbonyl (C=O) groups is 1. The van der Waals surface area contributed by atoms with Gasteiger partial charge in [0.15, 0.2) is 0 Å². The molecule has 0 aliphatic rings. The second-order valence-electron chi connectivity index (χ2n) is 5.15. The van der Waals surface area contributed by atoms with Gasteiger partial charge < -0.3 is 9.84 Å². The van der Waals surface area contributed by atoms with Crippen molar-refractivity contribution in [1.29, 1.82) is 0 Å². The maximum absolute atomic E-state index is 14.1. The summed E-state index contributed by atoms with van der Waals surface area (Å²) in [5.74, 6) is -0.678. The van der Waals surface area contributed by atoms with Crippen molar-refractivity contribution in [3.8, 4) is 11.3 Å². The molecule has 6 heteroatoms. The van der Waals surface area contributed by atoms with Gasteiger partial charge in [0.1, 0.15) is 22.8 Å². The largest absolute Gasteiger partial charge is 0.360 e. The lowest BCUT2D eigenvalue weighted by Crippen LogP contribution is -2.23. The van der Waals surface area contributed by atoms with E-state index >= 15 is 0 Å². The summed E-state index contributed by atoms with van der Waals surface area (Å²) in [7, 11) is 0. The van der Waals surface area contributed by atoms with Gasteiger partial charge in [-0.25, -0.2) is 4.39 Å². The predicted octanol–water partition coefficient (Wildman–Crippen LogP) is 4.17. The van der Waals surface area contributed by atoms with Crippen LogP contribution in [0.5, 0.6) is 0 Å². The van der Waals surface area contributed by atoms with E-state index in [1.165, 1.54) is 18.2 Å². The Morgan fingerprint density at radius 3 is 2.79 bits per heavy atom. The lowest BCUT2D eigenvalue weighted by Gasteiger charge is -2.07. The molecule has 1 aromatic heterocycles. The number of carbonyl (C=O) groups excluding carboxylic acids is 1. The Labute approximate surface area is 143 Å². The van der Waals surface area contributed by atoms with E-state index in [1.54, 1.807) is 19.1 Å². The quantitative estimate of drug-likeness (QED) is 0.773. The van der Waals surface area contributed by atoms with Crippen molar-refractivity contribution >= 4 is 17.5 Å². The van der Waals surface area contributed by atoms with E-state index < -0.39 is 11.7 Å². The number of hydrogen-bond acceptors (Lipinski definition) is 3. The van der Waals surface area contributed by atoms with Gasteiger partial charge in [-0.05, 0) is 30.7 Å². The first-order chi connectivity index (χ1) is 11.6. The van der Waals surface area contributed by atoms with Crippen LogP contribution in [-0.4, -0.2) is 11.1 Å². The Balaban J connectivity index is 1.91. The van der Waals surface area contributed by atoms with E-state index in [4.69, 9.17) is 16.1 Å². The minimum Gasteiger partial charge on any atom is -0.360 e. The van der Waals surface area contributed by atoms with Crippen molar-refractivity contribution in [1.82, 2.24) is 10.5 Å². The van der Waals surface area contributed by atoms with E-state index in [1.807, 2.05) is 12.1 Å². The van der Waals surface area contributed by atoms with Gasteiger partial charge in [-0.3, -0.25) is 4.79 Å². The molecule has 1 heterocycles. The first kappa shape index (κ1) is 16.2. The molecule has 1 N–H and O–H groups in total. The number of hydrogen-bond donors (Lipinski definition) is 1. The number of aromatic nitrogens is 1. The number of aryl methyl sites for hydroxylation is 1. The van der Waals surface area contributed by atoms with E-state index in [9.17, 15) is 9.18 Å². The van der Waals surface area contributed by atoms with E-state index in [0.717, 1.165) is 5.56 Å². The van der Waals surface area contributed by atoms with Crippen LogP contribution in [0.4, 0.5) is 4.39 Å². The highest BCUT2D eigenvalue weighted by Gasteiger charge is 2.25. The monoisotopic (exact) mass is 343 g/mol. The van der Waals surface area contributed by atoms with Crippen molar-refractivity contribution in [3.05, 3.63) is 76.3 Å². The minimum absolute atomic E-state index is 0.0514. The Hall–Kier alpha value is -2.66. The van der Waals surface area contributed by atoms with Gasteiger partial charge in [0.2, 0.25) is 0 Å². The molecular weight excluding hydrogens is 331 g/mol. The summed E-state index contributed by atoms with van der Waals surface area (Å²) >= 11 is 6.07. The van der Waals surface area contributed by atoms with Gasteiger partial charge >= 0.3 is 0 Å². The van der Waals surface area contributed by atoms with Crippen LogP contribution in [0, 0.1) is 18.8 Å². The van der Waals surface area contributed by atoms with Gasteiger partial charge in [-0.15, -0.1) is 0 Å². The highest BCUT2D eigenvalue weighted by molar-refractivity contribution is 6.33. The van der Waals surface area contributed by atoms with Gasteiger partial charge in [-0.1, -0.05) is 47.1 Å². The fraction of sp³-hybridized carbons (Fsp3) is 0.111. The smallest absolute Gasteiger partial charge is 0.257 e. The van der Waals surface area contributed by atoms with Crippen LogP contribution in [0.2, 0.25) is 5.02 Å². The van der Waals surface area contributed by atoms with Crippen LogP contribution < -0.4 is 5.32 Å². The third-order valence-electron chi connectivity index (χ3n) is 3.53. The van der Waals surface area contributed by atoms with Crippen molar-refractivity contribution in [2.75, 3.05) is 0 Å². The molecule has 0 aliphatic carbocycles. The third-order valence-corrected chi connectivity index (χ3v) is 3.84. The fourth-order valence-corrected chi connectivity index (χ4v) is 2.60. The average molecular weight is 344 g/mol. The second-order valence-corrected chi connectivity index (χ2v) is 5.56. The average Bonchev–Trinajstić information content (AvgIpc) is 2.95. The molecule has 121 valence electrons. The highest BCUT2D eigenvalue weighted by atomic mass is 35.5. The molecule has 0 atom stereocenters. The van der Waals surface area contributed by atoms with Crippen molar-refractivity contribution in [2.24, 2.45) is 0 Å². The first-order valence-corrected chi connectivity index (χ1v) is 7.59. The topological polar surface area (TPSA) is 55.1 Å². The number of nitrogens with one attached hydrogen (secondary N) is 1. The van der Waals surface area contributed by atoms with Gasteiger partial charge in [0, 0.05) is 6.54 Å². The van der Waals surface area contributed by atoms with Crippen molar-refractivity contribution < 1.29 is 13.7 Å². The van der Waals surface area contributed by atoms with E-state index in [-0.39, 0.29) is 21.8 Å². The minimum atomic E-state index is -0.566. The lowest BCUT2D eigenvalue weighted by atomic mass is 10.0. The molecule has 0 aliphatic heterocycles. The molecule has 0 unspecified atom stereocenters. The molecular formula is C18H13ClFN2O2. The summed E-state index contributed by atoms with van der Waals surface area (Å²) in [6.07, 6.45) is 0. The molecule has 3 rings (SSSR count). The molecule has 4 nitrogen and oxygen atoms in total. The van der Waals surface area contributed by atoms with Crippen molar-refractivity contribution in [2.45, 2.75) is 13.5 Å². The third kappa shape index (κ3) is 3.16. The number of rotatable bonds is 4. The van der Waals surface area contributed by atoms with Crippen LogP contribution in [0.25, 0.3) is 11.3 Å². The highest BCUT2D eigenvalue weighted by Crippen LogP contribution is 2.33. The Morgan fingerprint density at radius 2 is 2.08 bits per heavy atom. The zero-order chi connectivity index (χ0) is 17.1. The van der Waals surface area contributed by atoms with Crippen LogP contribution in [0.15, 0.2) is 47.0 Å². The standard InChI is InChI=1S/C18H13ClFN2O2/c1-11-15(18(23)21-10-12-6-3-2-4-7-12)17(22-24-11)16-13(19)8-5-9-14(16)20/h3-9H,10H2,1H3,(H,21,23). The van der Waals surface area contributed by atoms with Crippen LogP contribution in [-0.2, 0) is 6.54 Å². The fourth-order valence-electron chi connectivity index (χ4n) is 2.34. The number of halogens is 2. The second kappa shape index (κ2) is 6.84. The molecule has 2 aromatic carbocycles. The van der Waals surface area contributed by atoms with Crippen LogP contribution >= 0.6 is 11.6 Å².